The van der Waals surface area contributed by atoms with Crippen LogP contribution in [0.2, 0.25) is 0 Å². The first-order valence-corrected chi connectivity index (χ1v) is 7.44. The molecule has 2 aromatic rings. The maximum absolute atomic E-state index is 4.16. The summed E-state index contributed by atoms with van der Waals surface area (Å²) >= 11 is 0. The zero-order valence-electron chi connectivity index (χ0n) is 12.3. The lowest BCUT2D eigenvalue weighted by atomic mass is 9.97. The zero-order chi connectivity index (χ0) is 13.9. The number of nitrogens with one attached hydrogen (secondary N) is 1. The van der Waals surface area contributed by atoms with Crippen LogP contribution >= 0.6 is 0 Å². The van der Waals surface area contributed by atoms with E-state index in [1.165, 1.54) is 35.1 Å². The van der Waals surface area contributed by atoms with Crippen LogP contribution in [0.25, 0.3) is 0 Å². The van der Waals surface area contributed by atoms with Crippen molar-refractivity contribution < 1.29 is 0 Å². The summed E-state index contributed by atoms with van der Waals surface area (Å²) in [5.41, 5.74) is 5.46. The third kappa shape index (κ3) is 2.91. The first kappa shape index (κ1) is 13.3. The summed E-state index contributed by atoms with van der Waals surface area (Å²) in [6, 6.07) is 11.4. The molecule has 1 N–H and O–H groups in total. The summed E-state index contributed by atoms with van der Waals surface area (Å²) < 4.78 is 0. The van der Waals surface area contributed by atoms with Crippen molar-refractivity contribution in [3.05, 3.63) is 65.0 Å². The Kier molecular flexibility index (Phi) is 3.83. The van der Waals surface area contributed by atoms with Crippen LogP contribution in [-0.4, -0.2) is 4.98 Å². The smallest absolute Gasteiger partial charge is 0.0354 e. The largest absolute Gasteiger partial charge is 0.306 e. The Morgan fingerprint density at radius 2 is 1.95 bits per heavy atom. The van der Waals surface area contributed by atoms with E-state index in [4.69, 9.17) is 0 Å². The lowest BCUT2D eigenvalue weighted by molar-refractivity contribution is 0.477. The Morgan fingerprint density at radius 3 is 2.65 bits per heavy atom. The fourth-order valence-electron chi connectivity index (χ4n) is 2.82. The first-order valence-electron chi connectivity index (χ1n) is 7.44. The summed E-state index contributed by atoms with van der Waals surface area (Å²) in [5.74, 6) is 0.804. The Labute approximate surface area is 121 Å². The second kappa shape index (κ2) is 5.76. The maximum atomic E-state index is 4.16. The van der Waals surface area contributed by atoms with Crippen LogP contribution in [-0.2, 0) is 6.54 Å². The summed E-state index contributed by atoms with van der Waals surface area (Å²) in [5, 5.41) is 3.77. The van der Waals surface area contributed by atoms with Gasteiger partial charge in [0.1, 0.15) is 0 Å². The molecular weight excluding hydrogens is 244 g/mol. The van der Waals surface area contributed by atoms with E-state index in [0.29, 0.717) is 6.04 Å². The van der Waals surface area contributed by atoms with Crippen LogP contribution in [0.15, 0.2) is 42.7 Å². The van der Waals surface area contributed by atoms with Gasteiger partial charge in [-0.1, -0.05) is 24.3 Å². The van der Waals surface area contributed by atoms with E-state index in [2.05, 4.69) is 54.5 Å². The topological polar surface area (TPSA) is 24.9 Å². The Hall–Kier alpha value is -1.67. The molecule has 0 spiro atoms. The molecule has 20 heavy (non-hydrogen) atoms. The molecule has 0 radical (unpaired) electrons. The van der Waals surface area contributed by atoms with Crippen molar-refractivity contribution in [2.75, 3.05) is 0 Å². The van der Waals surface area contributed by atoms with Gasteiger partial charge in [0.15, 0.2) is 0 Å². The lowest BCUT2D eigenvalue weighted by Crippen LogP contribution is -2.23. The van der Waals surface area contributed by atoms with Gasteiger partial charge in [0.25, 0.3) is 0 Å². The molecule has 0 aliphatic heterocycles. The van der Waals surface area contributed by atoms with Gasteiger partial charge in [0, 0.05) is 25.0 Å². The quantitative estimate of drug-likeness (QED) is 0.886. The molecule has 2 nitrogen and oxygen atoms in total. The predicted octanol–water partition coefficient (Wildman–Crippen LogP) is 3.94. The molecule has 1 saturated carbocycles. The minimum absolute atomic E-state index is 0.490. The molecule has 104 valence electrons. The van der Waals surface area contributed by atoms with Gasteiger partial charge < -0.3 is 5.32 Å². The molecule has 1 aromatic carbocycles. The molecule has 1 aliphatic carbocycles. The van der Waals surface area contributed by atoms with Gasteiger partial charge in [0.05, 0.1) is 0 Å². The van der Waals surface area contributed by atoms with Crippen LogP contribution in [0.3, 0.4) is 0 Å². The van der Waals surface area contributed by atoms with Gasteiger partial charge in [0.2, 0.25) is 0 Å². The molecule has 1 heterocycles. The van der Waals surface area contributed by atoms with Crippen LogP contribution in [0.5, 0.6) is 0 Å². The summed E-state index contributed by atoms with van der Waals surface area (Å²) in [7, 11) is 0. The highest BCUT2D eigenvalue weighted by Crippen LogP contribution is 2.42. The number of hydrogen-bond acceptors (Lipinski definition) is 2. The van der Waals surface area contributed by atoms with Gasteiger partial charge in [-0.2, -0.15) is 0 Å². The summed E-state index contributed by atoms with van der Waals surface area (Å²) in [6.45, 7) is 5.26. The third-order valence-electron chi connectivity index (χ3n) is 4.27. The third-order valence-corrected chi connectivity index (χ3v) is 4.27. The maximum Gasteiger partial charge on any atom is 0.0354 e. The summed E-state index contributed by atoms with van der Waals surface area (Å²) in [4.78, 5) is 4.16. The molecule has 0 bridgehead atoms. The van der Waals surface area contributed by atoms with Crippen molar-refractivity contribution in [1.82, 2.24) is 10.3 Å². The molecule has 1 aromatic heterocycles. The minimum Gasteiger partial charge on any atom is -0.306 e. The molecule has 1 unspecified atom stereocenters. The van der Waals surface area contributed by atoms with E-state index in [0.717, 1.165) is 12.5 Å². The van der Waals surface area contributed by atoms with Crippen molar-refractivity contribution in [3.8, 4) is 0 Å². The number of aromatic nitrogens is 1. The fraction of sp³-hybridized carbons (Fsp3) is 0.389. The first-order chi connectivity index (χ1) is 9.75. The number of pyridine rings is 1. The molecular formula is C18H22N2. The van der Waals surface area contributed by atoms with E-state index in [1.807, 2.05) is 12.4 Å². The van der Waals surface area contributed by atoms with Crippen molar-refractivity contribution in [2.24, 2.45) is 5.92 Å². The number of hydrogen-bond donors (Lipinski definition) is 1. The number of nitrogens with zero attached hydrogens (tertiary/aromatic N) is 1. The van der Waals surface area contributed by atoms with E-state index < -0.39 is 0 Å². The molecule has 1 fully saturated rings. The van der Waals surface area contributed by atoms with E-state index in [9.17, 15) is 0 Å². The second-order valence-electron chi connectivity index (χ2n) is 5.85. The van der Waals surface area contributed by atoms with Crippen LogP contribution in [0.4, 0.5) is 0 Å². The van der Waals surface area contributed by atoms with Gasteiger partial charge in [-0.3, -0.25) is 4.98 Å². The van der Waals surface area contributed by atoms with Crippen molar-refractivity contribution in [2.45, 2.75) is 39.3 Å². The minimum atomic E-state index is 0.490. The fourth-order valence-corrected chi connectivity index (χ4v) is 2.82. The number of rotatable bonds is 5. The molecule has 3 rings (SSSR count). The van der Waals surface area contributed by atoms with Crippen molar-refractivity contribution in [3.63, 3.8) is 0 Å². The predicted molar refractivity (Wildman–Crippen MR) is 82.5 cm³/mol. The molecule has 0 amide bonds. The number of aryl methyl sites for hydroxylation is 2. The Morgan fingerprint density at radius 1 is 1.15 bits per heavy atom. The molecule has 0 saturated heterocycles. The standard InChI is InChI=1S/C18H22N2/c1-13-5-3-4-6-17(13)18(15-7-8-15)20-12-16-9-10-19-11-14(16)2/h3-6,9-11,15,18,20H,7-8,12H2,1-2H3. The van der Waals surface area contributed by atoms with Crippen LogP contribution in [0.1, 0.15) is 41.1 Å². The highest BCUT2D eigenvalue weighted by Gasteiger charge is 2.32. The highest BCUT2D eigenvalue weighted by molar-refractivity contribution is 5.30. The number of benzene rings is 1. The van der Waals surface area contributed by atoms with Crippen LogP contribution < -0.4 is 5.32 Å². The lowest BCUT2D eigenvalue weighted by Gasteiger charge is -2.21. The Bertz CT molecular complexity index is 587. The monoisotopic (exact) mass is 266 g/mol. The van der Waals surface area contributed by atoms with Crippen molar-refractivity contribution in [1.29, 1.82) is 0 Å². The normalized spacial score (nSPS) is 16.1. The van der Waals surface area contributed by atoms with Crippen LogP contribution in [0, 0.1) is 19.8 Å². The average molecular weight is 266 g/mol. The molecule has 2 heteroatoms. The van der Waals surface area contributed by atoms with E-state index >= 15 is 0 Å². The zero-order valence-corrected chi connectivity index (χ0v) is 12.3. The highest BCUT2D eigenvalue weighted by atomic mass is 14.9. The van der Waals surface area contributed by atoms with E-state index in [1.54, 1.807) is 0 Å². The average Bonchev–Trinajstić information content (AvgIpc) is 3.27. The SMILES string of the molecule is Cc1cnccc1CNC(c1ccccc1C)C1CC1. The van der Waals surface area contributed by atoms with E-state index in [-0.39, 0.29) is 0 Å². The summed E-state index contributed by atoms with van der Waals surface area (Å²) in [6.07, 6.45) is 6.52. The second-order valence-corrected chi connectivity index (χ2v) is 5.85. The molecule has 1 aliphatic rings. The van der Waals surface area contributed by atoms with Gasteiger partial charge in [-0.25, -0.2) is 0 Å². The molecule has 1 atom stereocenters. The van der Waals surface area contributed by atoms with Crippen molar-refractivity contribution >= 4 is 0 Å². The Balaban J connectivity index is 1.76. The van der Waals surface area contributed by atoms with Gasteiger partial charge in [-0.15, -0.1) is 0 Å². The van der Waals surface area contributed by atoms with Gasteiger partial charge >= 0.3 is 0 Å². The van der Waals surface area contributed by atoms with Gasteiger partial charge in [-0.05, 0) is 60.9 Å².